The number of piperidine rings is 1. The molecule has 2 aromatic carbocycles. The van der Waals surface area contributed by atoms with Gasteiger partial charge in [0.25, 0.3) is 0 Å². The Bertz CT molecular complexity index is 844. The number of benzene rings is 2. The molecule has 2 N–H and O–H groups in total. The van der Waals surface area contributed by atoms with Crippen LogP contribution in [0.5, 0.6) is 5.75 Å². The van der Waals surface area contributed by atoms with Crippen molar-refractivity contribution in [3.8, 4) is 5.75 Å². The van der Waals surface area contributed by atoms with Gasteiger partial charge in [0, 0.05) is 51.9 Å². The van der Waals surface area contributed by atoms with Crippen LogP contribution in [-0.4, -0.2) is 54.4 Å². The van der Waals surface area contributed by atoms with Gasteiger partial charge in [-0.3, -0.25) is 9.59 Å². The number of unbranched alkanes of at least 4 members (excludes halogenated alkanes) is 1. The Kier molecular flexibility index (Phi) is 9.11. The largest absolute Gasteiger partial charge is 0.490 e. The molecule has 3 rings (SSSR count). The maximum absolute atomic E-state index is 13.1. The molecule has 0 aliphatic carbocycles. The van der Waals surface area contributed by atoms with Gasteiger partial charge < -0.3 is 20.3 Å². The first-order valence-electron chi connectivity index (χ1n) is 11.5. The van der Waals surface area contributed by atoms with Gasteiger partial charge in [0.05, 0.1) is 0 Å². The van der Waals surface area contributed by atoms with E-state index in [2.05, 4.69) is 0 Å². The fourth-order valence-electron chi connectivity index (χ4n) is 4.17. The number of rotatable bonds is 10. The van der Waals surface area contributed by atoms with Crippen LogP contribution in [0.25, 0.3) is 0 Å². The number of hydrogen-bond acceptors (Lipinski definition) is 4. The van der Waals surface area contributed by atoms with E-state index >= 15 is 0 Å². The number of likely N-dealkylation sites (tertiary alicyclic amines) is 1. The van der Waals surface area contributed by atoms with Crippen molar-refractivity contribution in [3.05, 3.63) is 66.2 Å². The van der Waals surface area contributed by atoms with Crippen molar-refractivity contribution in [2.24, 2.45) is 11.7 Å². The van der Waals surface area contributed by atoms with Gasteiger partial charge in [-0.1, -0.05) is 48.5 Å². The maximum atomic E-state index is 13.1. The molecular formula is C26H35N3O3. The summed E-state index contributed by atoms with van der Waals surface area (Å²) in [6.45, 7) is 2.37. The lowest BCUT2D eigenvalue weighted by atomic mass is 9.90. The van der Waals surface area contributed by atoms with Crippen LogP contribution in [0.1, 0.15) is 37.7 Å². The van der Waals surface area contributed by atoms with E-state index in [1.807, 2.05) is 72.6 Å². The molecule has 0 spiro atoms. The highest BCUT2D eigenvalue weighted by atomic mass is 16.5. The van der Waals surface area contributed by atoms with Crippen molar-refractivity contribution in [3.63, 3.8) is 0 Å². The number of ether oxygens (including phenoxy) is 1. The molecule has 0 bridgehead atoms. The fourth-order valence-corrected chi connectivity index (χ4v) is 4.17. The SMILES string of the molecule is CN(Cc1ccccc1)C(=O)C[C@H]1CN(C(=O)CCCCN)CC[C@@H]1Oc1ccccc1. The van der Waals surface area contributed by atoms with Gasteiger partial charge >= 0.3 is 0 Å². The second kappa shape index (κ2) is 12.2. The average molecular weight is 438 g/mol. The molecular weight excluding hydrogens is 402 g/mol. The van der Waals surface area contributed by atoms with Crippen LogP contribution in [0, 0.1) is 5.92 Å². The Morgan fingerprint density at radius 3 is 2.44 bits per heavy atom. The molecule has 2 amide bonds. The van der Waals surface area contributed by atoms with Crippen molar-refractivity contribution < 1.29 is 14.3 Å². The minimum absolute atomic E-state index is 0.0480. The smallest absolute Gasteiger partial charge is 0.223 e. The number of para-hydroxylation sites is 1. The summed E-state index contributed by atoms with van der Waals surface area (Å²) >= 11 is 0. The summed E-state index contributed by atoms with van der Waals surface area (Å²) in [5.41, 5.74) is 6.66. The lowest BCUT2D eigenvalue weighted by molar-refractivity contribution is -0.139. The number of nitrogens with zero attached hydrogens (tertiary/aromatic N) is 2. The Morgan fingerprint density at radius 2 is 1.75 bits per heavy atom. The predicted octanol–water partition coefficient (Wildman–Crippen LogP) is 3.46. The Labute approximate surface area is 191 Å². The molecule has 172 valence electrons. The fraction of sp³-hybridized carbons (Fsp3) is 0.462. The standard InChI is InChI=1S/C26H35N3O3/c1-28(19-21-10-4-2-5-11-21)26(31)18-22-20-29(25(30)14-8-9-16-27)17-15-24(22)32-23-12-6-3-7-13-23/h2-7,10-13,22,24H,8-9,14-20,27H2,1H3/t22-,24-/m0/s1. The zero-order chi connectivity index (χ0) is 22.8. The summed E-state index contributed by atoms with van der Waals surface area (Å²) in [5.74, 6) is 0.966. The van der Waals surface area contributed by atoms with E-state index in [1.165, 1.54) is 0 Å². The molecule has 1 saturated heterocycles. The molecule has 0 aromatic heterocycles. The van der Waals surface area contributed by atoms with Gasteiger partial charge in [-0.15, -0.1) is 0 Å². The van der Waals surface area contributed by atoms with Gasteiger partial charge in [-0.25, -0.2) is 0 Å². The Balaban J connectivity index is 1.65. The van der Waals surface area contributed by atoms with Crippen LogP contribution in [0.3, 0.4) is 0 Å². The molecule has 0 radical (unpaired) electrons. The van der Waals surface area contributed by atoms with Crippen LogP contribution >= 0.6 is 0 Å². The molecule has 1 aliphatic heterocycles. The molecule has 2 atom stereocenters. The van der Waals surface area contributed by atoms with E-state index in [1.54, 1.807) is 4.90 Å². The first kappa shape index (κ1) is 23.8. The molecule has 32 heavy (non-hydrogen) atoms. The summed E-state index contributed by atoms with van der Waals surface area (Å²) in [4.78, 5) is 29.4. The average Bonchev–Trinajstić information content (AvgIpc) is 2.81. The third kappa shape index (κ3) is 7.09. The highest BCUT2D eigenvalue weighted by Crippen LogP contribution is 2.27. The minimum atomic E-state index is -0.0976. The zero-order valence-corrected chi connectivity index (χ0v) is 19.0. The van der Waals surface area contributed by atoms with Gasteiger partial charge in [0.15, 0.2) is 0 Å². The second-order valence-electron chi connectivity index (χ2n) is 8.54. The predicted molar refractivity (Wildman–Crippen MR) is 126 cm³/mol. The van der Waals surface area contributed by atoms with Crippen molar-refractivity contribution in [1.29, 1.82) is 0 Å². The highest BCUT2D eigenvalue weighted by molar-refractivity contribution is 5.78. The molecule has 1 heterocycles. The third-order valence-electron chi connectivity index (χ3n) is 6.02. The number of carbonyl (C=O) groups excluding carboxylic acids is 2. The topological polar surface area (TPSA) is 75.9 Å². The Morgan fingerprint density at radius 1 is 1.06 bits per heavy atom. The second-order valence-corrected chi connectivity index (χ2v) is 8.54. The van der Waals surface area contributed by atoms with E-state index in [0.717, 1.165) is 30.6 Å². The van der Waals surface area contributed by atoms with Gasteiger partial charge in [0.1, 0.15) is 11.9 Å². The number of carbonyl (C=O) groups is 2. The number of amides is 2. The molecule has 0 unspecified atom stereocenters. The van der Waals surface area contributed by atoms with Gasteiger partial charge in [-0.05, 0) is 37.1 Å². The summed E-state index contributed by atoms with van der Waals surface area (Å²) in [5, 5.41) is 0. The third-order valence-corrected chi connectivity index (χ3v) is 6.02. The van der Waals surface area contributed by atoms with Crippen LogP contribution < -0.4 is 10.5 Å². The van der Waals surface area contributed by atoms with E-state index in [-0.39, 0.29) is 23.8 Å². The summed E-state index contributed by atoms with van der Waals surface area (Å²) in [7, 11) is 1.83. The zero-order valence-electron chi connectivity index (χ0n) is 19.0. The lowest BCUT2D eigenvalue weighted by Gasteiger charge is -2.39. The van der Waals surface area contributed by atoms with Crippen molar-refractivity contribution in [2.45, 2.75) is 44.8 Å². The summed E-state index contributed by atoms with van der Waals surface area (Å²) < 4.78 is 6.27. The highest BCUT2D eigenvalue weighted by Gasteiger charge is 2.34. The van der Waals surface area contributed by atoms with Gasteiger partial charge in [0.2, 0.25) is 11.8 Å². The minimum Gasteiger partial charge on any atom is -0.490 e. The van der Waals surface area contributed by atoms with Crippen molar-refractivity contribution in [1.82, 2.24) is 9.80 Å². The number of hydrogen-bond donors (Lipinski definition) is 1. The normalized spacial score (nSPS) is 18.2. The number of nitrogens with two attached hydrogens (primary N) is 1. The maximum Gasteiger partial charge on any atom is 0.223 e. The lowest BCUT2D eigenvalue weighted by Crippen LogP contribution is -2.49. The van der Waals surface area contributed by atoms with E-state index in [0.29, 0.717) is 39.0 Å². The summed E-state index contributed by atoms with van der Waals surface area (Å²) in [6.07, 6.45) is 3.14. The van der Waals surface area contributed by atoms with Crippen LogP contribution in [0.4, 0.5) is 0 Å². The molecule has 2 aromatic rings. The van der Waals surface area contributed by atoms with E-state index in [4.69, 9.17) is 10.5 Å². The van der Waals surface area contributed by atoms with Crippen LogP contribution in [0.15, 0.2) is 60.7 Å². The molecule has 0 saturated carbocycles. The van der Waals surface area contributed by atoms with Gasteiger partial charge in [-0.2, -0.15) is 0 Å². The molecule has 1 aliphatic rings. The quantitative estimate of drug-likeness (QED) is 0.578. The monoisotopic (exact) mass is 437 g/mol. The Hall–Kier alpha value is -2.86. The summed E-state index contributed by atoms with van der Waals surface area (Å²) in [6, 6.07) is 19.7. The molecule has 6 nitrogen and oxygen atoms in total. The first-order valence-corrected chi connectivity index (χ1v) is 11.5. The van der Waals surface area contributed by atoms with Crippen molar-refractivity contribution >= 4 is 11.8 Å². The molecule has 6 heteroatoms. The van der Waals surface area contributed by atoms with Crippen LogP contribution in [0.2, 0.25) is 0 Å². The van der Waals surface area contributed by atoms with E-state index in [9.17, 15) is 9.59 Å². The van der Waals surface area contributed by atoms with Crippen LogP contribution in [-0.2, 0) is 16.1 Å². The van der Waals surface area contributed by atoms with Crippen molar-refractivity contribution in [2.75, 3.05) is 26.7 Å². The van der Waals surface area contributed by atoms with E-state index < -0.39 is 0 Å². The first-order chi connectivity index (χ1) is 15.6. The molecule has 1 fully saturated rings.